The second kappa shape index (κ2) is 8.31. The standard InChI is InChI=1S/C22H18FN3O2/c1-3-20-17(7-4-14-5-9-21(24)26-13-14)16(10-11-25-20)15-6-8-18(19(23)12-15)22(27)28-2/h5-6,8-13H,3H2,1-2H3,(H2,24,26). The van der Waals surface area contributed by atoms with E-state index in [0.717, 1.165) is 11.3 Å². The Morgan fingerprint density at radius 2 is 2.00 bits per heavy atom. The topological polar surface area (TPSA) is 78.1 Å². The van der Waals surface area contributed by atoms with Gasteiger partial charge in [-0.2, -0.15) is 0 Å². The number of nitrogens with zero attached hydrogens (tertiary/aromatic N) is 2. The largest absolute Gasteiger partial charge is 0.465 e. The lowest BCUT2D eigenvalue weighted by Gasteiger charge is -2.10. The number of ether oxygens (including phenoxy) is 1. The van der Waals surface area contributed by atoms with Crippen molar-refractivity contribution >= 4 is 11.8 Å². The molecule has 2 heterocycles. The van der Waals surface area contributed by atoms with Gasteiger partial charge in [0.1, 0.15) is 11.6 Å². The summed E-state index contributed by atoms with van der Waals surface area (Å²) in [6.07, 6.45) is 3.92. The average Bonchev–Trinajstić information content (AvgIpc) is 2.72. The summed E-state index contributed by atoms with van der Waals surface area (Å²) in [5, 5.41) is 0. The average molecular weight is 375 g/mol. The van der Waals surface area contributed by atoms with Crippen molar-refractivity contribution in [1.82, 2.24) is 9.97 Å². The predicted octanol–water partition coefficient (Wildman–Crippen LogP) is 3.61. The molecule has 2 N–H and O–H groups in total. The van der Waals surface area contributed by atoms with Crippen LogP contribution >= 0.6 is 0 Å². The fourth-order valence-corrected chi connectivity index (χ4v) is 2.73. The lowest BCUT2D eigenvalue weighted by Crippen LogP contribution is -2.04. The summed E-state index contributed by atoms with van der Waals surface area (Å²) >= 11 is 0. The fourth-order valence-electron chi connectivity index (χ4n) is 2.73. The quantitative estimate of drug-likeness (QED) is 0.559. The molecule has 1 aromatic carbocycles. The van der Waals surface area contributed by atoms with Crippen molar-refractivity contribution in [1.29, 1.82) is 0 Å². The van der Waals surface area contributed by atoms with Crippen molar-refractivity contribution in [3.8, 4) is 23.0 Å². The number of halogens is 1. The molecule has 0 aliphatic rings. The number of nitrogens with two attached hydrogens (primary N) is 1. The van der Waals surface area contributed by atoms with Gasteiger partial charge in [-0.1, -0.05) is 24.8 Å². The van der Waals surface area contributed by atoms with Crippen LogP contribution in [-0.2, 0) is 11.2 Å². The van der Waals surface area contributed by atoms with Crippen LogP contribution in [0.2, 0.25) is 0 Å². The van der Waals surface area contributed by atoms with Crippen LogP contribution in [0.1, 0.15) is 34.1 Å². The molecular weight excluding hydrogens is 357 g/mol. The Kier molecular flexibility index (Phi) is 5.66. The molecule has 2 aromatic heterocycles. The van der Waals surface area contributed by atoms with Gasteiger partial charge in [-0.15, -0.1) is 0 Å². The number of hydrogen-bond acceptors (Lipinski definition) is 5. The molecule has 5 nitrogen and oxygen atoms in total. The highest BCUT2D eigenvalue weighted by Gasteiger charge is 2.15. The number of pyridine rings is 2. The first-order valence-electron chi connectivity index (χ1n) is 8.63. The Labute approximate surface area is 162 Å². The van der Waals surface area contributed by atoms with Crippen LogP contribution in [0.4, 0.5) is 10.2 Å². The van der Waals surface area contributed by atoms with E-state index in [0.29, 0.717) is 28.9 Å². The minimum atomic E-state index is -0.719. The van der Waals surface area contributed by atoms with Crippen LogP contribution in [0, 0.1) is 17.7 Å². The van der Waals surface area contributed by atoms with E-state index in [-0.39, 0.29) is 5.56 Å². The Balaban J connectivity index is 2.09. The molecule has 6 heteroatoms. The number of esters is 1. The number of carbonyl (C=O) groups excluding carboxylic acids is 1. The first kappa shape index (κ1) is 19.1. The Morgan fingerprint density at radius 1 is 1.18 bits per heavy atom. The lowest BCUT2D eigenvalue weighted by molar-refractivity contribution is 0.0595. The molecule has 0 amide bonds. The molecule has 3 aromatic rings. The maximum atomic E-state index is 14.4. The van der Waals surface area contributed by atoms with Crippen molar-refractivity contribution in [2.24, 2.45) is 0 Å². The highest BCUT2D eigenvalue weighted by molar-refractivity contribution is 5.90. The van der Waals surface area contributed by atoms with Gasteiger partial charge in [0.2, 0.25) is 0 Å². The highest BCUT2D eigenvalue weighted by atomic mass is 19.1. The number of carbonyl (C=O) groups is 1. The lowest BCUT2D eigenvalue weighted by atomic mass is 9.97. The van der Waals surface area contributed by atoms with Crippen molar-refractivity contribution in [2.45, 2.75) is 13.3 Å². The maximum absolute atomic E-state index is 14.4. The van der Waals surface area contributed by atoms with E-state index in [2.05, 4.69) is 26.5 Å². The zero-order valence-electron chi connectivity index (χ0n) is 15.5. The monoisotopic (exact) mass is 375 g/mol. The van der Waals surface area contributed by atoms with Gasteiger partial charge in [-0.3, -0.25) is 4.98 Å². The number of rotatable bonds is 3. The van der Waals surface area contributed by atoms with Gasteiger partial charge in [-0.25, -0.2) is 14.2 Å². The summed E-state index contributed by atoms with van der Waals surface area (Å²) in [5.74, 6) is 5.23. The minimum absolute atomic E-state index is 0.114. The zero-order valence-corrected chi connectivity index (χ0v) is 15.5. The fraction of sp³-hybridized carbons (Fsp3) is 0.136. The van der Waals surface area contributed by atoms with Gasteiger partial charge in [0.15, 0.2) is 0 Å². The third-order valence-corrected chi connectivity index (χ3v) is 4.17. The van der Waals surface area contributed by atoms with Crippen LogP contribution in [-0.4, -0.2) is 23.0 Å². The summed E-state index contributed by atoms with van der Waals surface area (Å²) in [7, 11) is 1.21. The van der Waals surface area contributed by atoms with Crippen molar-refractivity contribution < 1.29 is 13.9 Å². The molecule has 0 spiro atoms. The van der Waals surface area contributed by atoms with E-state index in [9.17, 15) is 9.18 Å². The molecule has 0 aliphatic heterocycles. The molecule has 0 radical (unpaired) electrons. The third-order valence-electron chi connectivity index (χ3n) is 4.17. The number of aromatic nitrogens is 2. The Morgan fingerprint density at radius 3 is 2.64 bits per heavy atom. The van der Waals surface area contributed by atoms with Crippen LogP contribution < -0.4 is 5.73 Å². The summed E-state index contributed by atoms with van der Waals surface area (Å²) in [4.78, 5) is 20.0. The van der Waals surface area contributed by atoms with Crippen molar-refractivity contribution in [2.75, 3.05) is 12.8 Å². The Hall–Kier alpha value is -3.72. The first-order chi connectivity index (χ1) is 13.5. The minimum Gasteiger partial charge on any atom is -0.465 e. The molecule has 0 unspecified atom stereocenters. The summed E-state index contributed by atoms with van der Waals surface area (Å²) in [6, 6.07) is 9.61. The van der Waals surface area contributed by atoms with Gasteiger partial charge in [-0.05, 0) is 42.3 Å². The van der Waals surface area contributed by atoms with Gasteiger partial charge >= 0.3 is 5.97 Å². The van der Waals surface area contributed by atoms with Gasteiger partial charge in [0.05, 0.1) is 23.9 Å². The summed E-state index contributed by atoms with van der Waals surface area (Å²) in [6.45, 7) is 1.98. The van der Waals surface area contributed by atoms with E-state index >= 15 is 0 Å². The van der Waals surface area contributed by atoms with Crippen LogP contribution in [0.3, 0.4) is 0 Å². The van der Waals surface area contributed by atoms with E-state index in [1.807, 2.05) is 6.92 Å². The molecule has 0 saturated carbocycles. The second-order valence-electron chi connectivity index (χ2n) is 5.94. The third kappa shape index (κ3) is 3.99. The van der Waals surface area contributed by atoms with E-state index in [4.69, 9.17) is 5.73 Å². The van der Waals surface area contributed by atoms with Crippen LogP contribution in [0.15, 0.2) is 48.8 Å². The molecule has 0 saturated heterocycles. The van der Waals surface area contributed by atoms with Gasteiger partial charge in [0, 0.05) is 23.5 Å². The maximum Gasteiger partial charge on any atom is 0.340 e. The molecule has 28 heavy (non-hydrogen) atoms. The summed E-state index contributed by atoms with van der Waals surface area (Å²) in [5.41, 5.74) is 9.02. The van der Waals surface area contributed by atoms with Gasteiger partial charge in [0.25, 0.3) is 0 Å². The molecule has 0 bridgehead atoms. The second-order valence-corrected chi connectivity index (χ2v) is 5.94. The smallest absolute Gasteiger partial charge is 0.340 e. The molecule has 3 rings (SSSR count). The van der Waals surface area contributed by atoms with Crippen molar-refractivity contribution in [3.63, 3.8) is 0 Å². The van der Waals surface area contributed by atoms with Crippen molar-refractivity contribution in [3.05, 3.63) is 77.0 Å². The zero-order chi connectivity index (χ0) is 20.1. The van der Waals surface area contributed by atoms with E-state index in [1.165, 1.54) is 19.2 Å². The SMILES string of the molecule is CCc1nccc(-c2ccc(C(=O)OC)c(F)c2)c1C#Cc1ccc(N)nc1. The first-order valence-corrected chi connectivity index (χ1v) is 8.63. The van der Waals surface area contributed by atoms with Crippen LogP contribution in [0.25, 0.3) is 11.1 Å². The number of anilines is 1. The Bertz CT molecular complexity index is 1080. The number of aryl methyl sites for hydroxylation is 1. The summed E-state index contributed by atoms with van der Waals surface area (Å²) < 4.78 is 19.0. The van der Waals surface area contributed by atoms with Crippen LogP contribution in [0.5, 0.6) is 0 Å². The number of methoxy groups -OCH3 is 1. The molecule has 0 atom stereocenters. The number of hydrogen-bond donors (Lipinski definition) is 1. The molecule has 0 fully saturated rings. The van der Waals surface area contributed by atoms with Gasteiger partial charge < -0.3 is 10.5 Å². The number of benzene rings is 1. The highest BCUT2D eigenvalue weighted by Crippen LogP contribution is 2.27. The van der Waals surface area contributed by atoms with E-state index < -0.39 is 11.8 Å². The normalized spacial score (nSPS) is 10.1. The molecule has 140 valence electrons. The predicted molar refractivity (Wildman–Crippen MR) is 105 cm³/mol. The number of nitrogen functional groups attached to an aromatic ring is 1. The molecular formula is C22H18FN3O2. The molecule has 0 aliphatic carbocycles. The van der Waals surface area contributed by atoms with E-state index in [1.54, 1.807) is 36.7 Å².